The van der Waals surface area contributed by atoms with E-state index in [9.17, 15) is 0 Å². The Kier molecular flexibility index (Phi) is 5.19. The summed E-state index contributed by atoms with van der Waals surface area (Å²) in [6.07, 6.45) is 0. The summed E-state index contributed by atoms with van der Waals surface area (Å²) in [5.41, 5.74) is 0. The lowest BCUT2D eigenvalue weighted by atomic mass is 11.9. The Balaban J connectivity index is 0. The van der Waals surface area contributed by atoms with Crippen LogP contribution in [0.2, 0.25) is 0 Å². The van der Waals surface area contributed by atoms with E-state index in [0.717, 1.165) is 0 Å². The van der Waals surface area contributed by atoms with Gasteiger partial charge in [-0.1, -0.05) is 0 Å². The first-order valence-corrected chi connectivity index (χ1v) is 2.94. The lowest BCUT2D eigenvalue weighted by molar-refractivity contribution is 0.117. The standard InChI is InChI=1S/CHN.H4O4Si/c1-2;1-5(2,3)4/h1H;1-4H. The highest BCUT2D eigenvalue weighted by atomic mass is 28.4. The number of nitrogens with zero attached hydrogens (tertiary/aromatic N) is 1. The molecule has 6 heteroatoms. The molecular formula is CH5NO4Si. The maximum atomic E-state index is 7.33. The van der Waals surface area contributed by atoms with Gasteiger partial charge in [0, 0.05) is 6.57 Å². The van der Waals surface area contributed by atoms with Crippen LogP contribution in [-0.2, 0) is 0 Å². The van der Waals surface area contributed by atoms with E-state index in [4.69, 9.17) is 24.4 Å². The van der Waals surface area contributed by atoms with E-state index in [1.165, 1.54) is 0 Å². The van der Waals surface area contributed by atoms with Gasteiger partial charge in [0.1, 0.15) is 0 Å². The van der Waals surface area contributed by atoms with E-state index in [1.54, 1.807) is 0 Å². The van der Waals surface area contributed by atoms with Gasteiger partial charge in [0.25, 0.3) is 0 Å². The van der Waals surface area contributed by atoms with E-state index < -0.39 is 9.05 Å². The summed E-state index contributed by atoms with van der Waals surface area (Å²) in [4.78, 5) is 29.3. The zero-order chi connectivity index (χ0) is 6.50. The Morgan fingerprint density at radius 1 is 1.00 bits per heavy atom. The summed E-state index contributed by atoms with van der Waals surface area (Å²) in [6, 6.07) is 0. The van der Waals surface area contributed by atoms with Crippen molar-refractivity contribution in [2.75, 3.05) is 0 Å². The third kappa shape index (κ3) is 340. The fourth-order valence-corrected chi connectivity index (χ4v) is 0. The molecule has 7 heavy (non-hydrogen) atoms. The van der Waals surface area contributed by atoms with Crippen LogP contribution < -0.4 is 0 Å². The van der Waals surface area contributed by atoms with Crippen LogP contribution in [0.15, 0.2) is 0 Å². The van der Waals surface area contributed by atoms with Crippen LogP contribution in [0.1, 0.15) is 0 Å². The summed E-state index contributed by atoms with van der Waals surface area (Å²) < 4.78 is 0. The summed E-state index contributed by atoms with van der Waals surface area (Å²) >= 11 is 0. The van der Waals surface area contributed by atoms with E-state index >= 15 is 0 Å². The summed E-state index contributed by atoms with van der Waals surface area (Å²) in [5, 5.41) is 6.50. The molecule has 0 radical (unpaired) electrons. The second-order valence-corrected chi connectivity index (χ2v) is 1.80. The minimum Gasteiger partial charge on any atom is -0.368 e. The Morgan fingerprint density at radius 2 is 1.00 bits per heavy atom. The van der Waals surface area contributed by atoms with Crippen molar-refractivity contribution in [2.45, 2.75) is 0 Å². The molecular weight excluding hydrogens is 118 g/mol. The fourth-order valence-electron chi connectivity index (χ4n) is 0. The second-order valence-electron chi connectivity index (χ2n) is 0.600. The minimum absolute atomic E-state index is 3.50. The largest absolute Gasteiger partial charge is 0.668 e. The van der Waals surface area contributed by atoms with Crippen molar-refractivity contribution in [1.29, 1.82) is 5.26 Å². The molecule has 0 aromatic carbocycles. The lowest BCUT2D eigenvalue weighted by Crippen LogP contribution is -2.33. The maximum absolute atomic E-state index is 7.33. The number of nitriles is 1. The van der Waals surface area contributed by atoms with Gasteiger partial charge in [-0.3, -0.25) is 0 Å². The molecule has 0 atom stereocenters. The topological polar surface area (TPSA) is 105 Å². The summed E-state index contributed by atoms with van der Waals surface area (Å²) in [7, 11) is -4.61. The average Bonchev–Trinajstić information content (AvgIpc) is 1.36. The van der Waals surface area contributed by atoms with Crippen molar-refractivity contribution in [2.24, 2.45) is 0 Å². The highest BCUT2D eigenvalue weighted by molar-refractivity contribution is 6.46. The Hall–Kier alpha value is -0.453. The van der Waals surface area contributed by atoms with E-state index in [-0.39, 0.29) is 0 Å². The molecule has 0 fully saturated rings. The number of hydrogen-bond acceptors (Lipinski definition) is 5. The van der Waals surface area contributed by atoms with Crippen LogP contribution >= 0.6 is 0 Å². The zero-order valence-corrected chi connectivity index (χ0v) is 4.31. The van der Waals surface area contributed by atoms with Crippen molar-refractivity contribution in [3.63, 3.8) is 0 Å². The van der Waals surface area contributed by atoms with E-state index in [0.29, 0.717) is 0 Å². The molecule has 0 aliphatic carbocycles. The number of rotatable bonds is 0. The zero-order valence-electron chi connectivity index (χ0n) is 3.31. The number of hydrogen-bond donors (Lipinski definition) is 4. The van der Waals surface area contributed by atoms with Crippen molar-refractivity contribution in [1.82, 2.24) is 0 Å². The van der Waals surface area contributed by atoms with Gasteiger partial charge in [-0.05, 0) is 0 Å². The third-order valence-electron chi connectivity index (χ3n) is 0. The first kappa shape index (κ1) is 9.74. The smallest absolute Gasteiger partial charge is 0.368 e. The average molecular weight is 123 g/mol. The van der Waals surface area contributed by atoms with Gasteiger partial charge in [-0.25, -0.2) is 5.26 Å². The van der Waals surface area contributed by atoms with Gasteiger partial charge in [0.05, 0.1) is 0 Å². The monoisotopic (exact) mass is 123 g/mol. The molecule has 0 rings (SSSR count). The molecule has 0 saturated heterocycles. The quantitative estimate of drug-likeness (QED) is 0.267. The summed E-state index contributed by atoms with van der Waals surface area (Å²) in [6.45, 7) is 3.50. The molecule has 0 heterocycles. The molecule has 0 aliphatic rings. The van der Waals surface area contributed by atoms with Crippen molar-refractivity contribution < 1.29 is 19.2 Å². The fraction of sp³-hybridized carbons (Fsp3) is 0. The molecule has 5 nitrogen and oxygen atoms in total. The molecule has 4 N–H and O–H groups in total. The van der Waals surface area contributed by atoms with Crippen LogP contribution in [-0.4, -0.2) is 28.2 Å². The Labute approximate surface area is 41.2 Å². The minimum atomic E-state index is -4.61. The van der Waals surface area contributed by atoms with Gasteiger partial charge in [-0.15, -0.1) is 0 Å². The second kappa shape index (κ2) is 3.73. The van der Waals surface area contributed by atoms with E-state index in [1.807, 2.05) is 0 Å². The van der Waals surface area contributed by atoms with Gasteiger partial charge < -0.3 is 19.2 Å². The molecule has 0 saturated carbocycles. The van der Waals surface area contributed by atoms with Gasteiger partial charge in [-0.2, -0.15) is 0 Å². The van der Waals surface area contributed by atoms with Gasteiger partial charge >= 0.3 is 9.05 Å². The highest BCUT2D eigenvalue weighted by Gasteiger charge is 2.22. The molecule has 0 aliphatic heterocycles. The first-order valence-electron chi connectivity index (χ1n) is 1.15. The van der Waals surface area contributed by atoms with Crippen LogP contribution in [0.25, 0.3) is 0 Å². The van der Waals surface area contributed by atoms with Crippen LogP contribution in [0.3, 0.4) is 0 Å². The predicted molar refractivity (Wildman–Crippen MR) is 21.3 cm³/mol. The predicted octanol–water partition coefficient (Wildman–Crippen LogP) is -2.47. The van der Waals surface area contributed by atoms with E-state index in [2.05, 4.69) is 6.57 Å². The van der Waals surface area contributed by atoms with Crippen LogP contribution in [0.5, 0.6) is 0 Å². The van der Waals surface area contributed by atoms with Crippen molar-refractivity contribution >= 4 is 9.05 Å². The Bertz CT molecular complexity index is 48.4. The molecule has 0 aromatic heterocycles. The lowest BCUT2D eigenvalue weighted by Gasteiger charge is -1.91. The molecule has 42 valence electrons. The van der Waals surface area contributed by atoms with Crippen molar-refractivity contribution in [3.05, 3.63) is 0 Å². The maximum Gasteiger partial charge on any atom is 0.668 e. The highest BCUT2D eigenvalue weighted by Crippen LogP contribution is 1.67. The molecule has 0 aromatic rings. The Morgan fingerprint density at radius 3 is 1.00 bits per heavy atom. The first-order chi connectivity index (χ1) is 3.00. The molecule has 0 unspecified atom stereocenters. The third-order valence-corrected chi connectivity index (χ3v) is 0. The molecule has 0 spiro atoms. The summed E-state index contributed by atoms with van der Waals surface area (Å²) in [5.74, 6) is 0. The molecule has 0 bridgehead atoms. The normalized spacial score (nSPS) is 8.86. The van der Waals surface area contributed by atoms with Crippen LogP contribution in [0.4, 0.5) is 0 Å². The SMILES string of the molecule is C#N.O[Si](O)(O)O. The molecule has 0 amide bonds. The van der Waals surface area contributed by atoms with Crippen LogP contribution in [0, 0.1) is 11.8 Å². The van der Waals surface area contributed by atoms with Crippen molar-refractivity contribution in [3.8, 4) is 6.57 Å². The van der Waals surface area contributed by atoms with Gasteiger partial charge in [0.15, 0.2) is 0 Å². The van der Waals surface area contributed by atoms with Gasteiger partial charge in [0.2, 0.25) is 0 Å².